The maximum Gasteiger partial charge on any atom is 0.273 e. The average molecular weight is 328 g/mol. The van der Waals surface area contributed by atoms with Gasteiger partial charge in [-0.1, -0.05) is 29.5 Å². The second-order valence-electron chi connectivity index (χ2n) is 6.51. The number of nitrogens with zero attached hydrogens (tertiary/aromatic N) is 3. The Labute approximate surface area is 139 Å². The fourth-order valence-corrected chi connectivity index (χ4v) is 3.45. The lowest BCUT2D eigenvalue weighted by Gasteiger charge is -2.11. The third kappa shape index (κ3) is 2.92. The number of aliphatic hydroxyl groups is 1. The van der Waals surface area contributed by atoms with Gasteiger partial charge in [-0.25, -0.2) is 4.68 Å². The molecule has 0 unspecified atom stereocenters. The zero-order valence-corrected chi connectivity index (χ0v) is 13.3. The molecule has 1 aliphatic heterocycles. The van der Waals surface area contributed by atoms with Gasteiger partial charge in [0.2, 0.25) is 0 Å². The molecule has 0 spiro atoms. The van der Waals surface area contributed by atoms with Gasteiger partial charge in [-0.3, -0.25) is 4.79 Å². The zero-order chi connectivity index (χ0) is 16.5. The highest BCUT2D eigenvalue weighted by atomic mass is 16.5. The number of hydrogen-bond acceptors (Lipinski definition) is 5. The molecule has 2 aromatic rings. The van der Waals surface area contributed by atoms with Crippen LogP contribution in [0.5, 0.6) is 0 Å². The molecule has 24 heavy (non-hydrogen) atoms. The van der Waals surface area contributed by atoms with Crippen molar-refractivity contribution in [1.29, 1.82) is 0 Å². The lowest BCUT2D eigenvalue weighted by molar-refractivity contribution is 0.0942. The van der Waals surface area contributed by atoms with Crippen molar-refractivity contribution in [2.75, 3.05) is 19.8 Å². The molecule has 1 aromatic heterocycles. The molecule has 2 aliphatic rings. The number of carbonyl (C=O) groups excluding carboxylic acids is 1. The molecule has 0 bridgehead atoms. The van der Waals surface area contributed by atoms with Gasteiger partial charge in [0.25, 0.3) is 5.91 Å². The topological polar surface area (TPSA) is 89.3 Å². The summed E-state index contributed by atoms with van der Waals surface area (Å²) in [5.41, 5.74) is 3.01. The molecule has 1 saturated heterocycles. The fourth-order valence-electron chi connectivity index (χ4n) is 3.45. The largest absolute Gasteiger partial charge is 0.388 e. The first-order valence-electron chi connectivity index (χ1n) is 8.23. The Morgan fingerprint density at radius 3 is 2.71 bits per heavy atom. The van der Waals surface area contributed by atoms with E-state index in [0.717, 1.165) is 12.8 Å². The number of rotatable bonds is 4. The third-order valence-electron chi connectivity index (χ3n) is 4.79. The Balaban J connectivity index is 1.33. The second kappa shape index (κ2) is 6.33. The predicted molar refractivity (Wildman–Crippen MR) is 85.6 cm³/mol. The summed E-state index contributed by atoms with van der Waals surface area (Å²) in [5.74, 6) is 0.192. The molecule has 4 rings (SSSR count). The molecular formula is C17H20N4O3. The van der Waals surface area contributed by atoms with Crippen molar-refractivity contribution in [2.45, 2.75) is 25.0 Å². The van der Waals surface area contributed by atoms with Crippen LogP contribution in [-0.4, -0.2) is 51.9 Å². The molecule has 7 nitrogen and oxygen atoms in total. The highest BCUT2D eigenvalue weighted by Crippen LogP contribution is 2.25. The summed E-state index contributed by atoms with van der Waals surface area (Å²) >= 11 is 0. The van der Waals surface area contributed by atoms with E-state index in [0.29, 0.717) is 19.1 Å². The number of aliphatic hydroxyl groups excluding tert-OH is 1. The molecule has 1 aromatic carbocycles. The first kappa shape index (κ1) is 15.3. The van der Waals surface area contributed by atoms with Gasteiger partial charge in [0.15, 0.2) is 5.69 Å². The standard InChI is InChI=1S/C17H20N4O3/c22-16-10-24-9-15(16)21-8-14(19-20-21)17(23)18-7-11-5-12-3-1-2-4-13(12)6-11/h1-4,8,11,15-16,22H,5-7,9-10H2,(H,18,23)/t15-,16-/m1/s1. The molecule has 2 heterocycles. The first-order chi connectivity index (χ1) is 11.7. The van der Waals surface area contributed by atoms with E-state index in [1.54, 1.807) is 6.20 Å². The Kier molecular flexibility index (Phi) is 4.03. The SMILES string of the molecule is O=C(NCC1Cc2ccccc2C1)c1cn([C@@H]2COC[C@H]2O)nn1. The van der Waals surface area contributed by atoms with Crippen molar-refractivity contribution < 1.29 is 14.6 Å². The minimum absolute atomic E-state index is 0.231. The molecule has 2 atom stereocenters. The average Bonchev–Trinajstić information content (AvgIpc) is 3.30. The summed E-state index contributed by atoms with van der Waals surface area (Å²) in [6, 6.07) is 8.14. The summed E-state index contributed by atoms with van der Waals surface area (Å²) in [4.78, 5) is 12.3. The molecular weight excluding hydrogens is 308 g/mol. The number of benzene rings is 1. The molecule has 1 fully saturated rings. The monoisotopic (exact) mass is 328 g/mol. The van der Waals surface area contributed by atoms with Gasteiger partial charge in [-0.2, -0.15) is 0 Å². The van der Waals surface area contributed by atoms with Crippen LogP contribution in [0.25, 0.3) is 0 Å². The van der Waals surface area contributed by atoms with E-state index in [2.05, 4.69) is 39.9 Å². The van der Waals surface area contributed by atoms with Gasteiger partial charge in [0, 0.05) is 6.54 Å². The van der Waals surface area contributed by atoms with E-state index in [-0.39, 0.29) is 24.2 Å². The van der Waals surface area contributed by atoms with Crippen LogP contribution in [0, 0.1) is 5.92 Å². The normalized spacial score (nSPS) is 23.4. The van der Waals surface area contributed by atoms with E-state index in [4.69, 9.17) is 4.74 Å². The molecule has 1 amide bonds. The number of amides is 1. The summed E-state index contributed by atoms with van der Waals surface area (Å²) in [6.45, 7) is 1.29. The molecule has 0 radical (unpaired) electrons. The minimum atomic E-state index is -0.611. The van der Waals surface area contributed by atoms with Gasteiger partial charge < -0.3 is 15.2 Å². The lowest BCUT2D eigenvalue weighted by atomic mass is 10.1. The zero-order valence-electron chi connectivity index (χ0n) is 13.3. The number of carbonyl (C=O) groups is 1. The van der Waals surface area contributed by atoms with E-state index in [1.807, 2.05) is 0 Å². The Hall–Kier alpha value is -2.25. The van der Waals surface area contributed by atoms with Gasteiger partial charge >= 0.3 is 0 Å². The van der Waals surface area contributed by atoms with Crippen LogP contribution in [0.3, 0.4) is 0 Å². The summed E-state index contributed by atoms with van der Waals surface area (Å²) in [6.07, 6.45) is 2.95. The second-order valence-corrected chi connectivity index (χ2v) is 6.51. The van der Waals surface area contributed by atoms with Crippen molar-refractivity contribution in [3.05, 3.63) is 47.3 Å². The molecule has 7 heteroatoms. The predicted octanol–water partition coefficient (Wildman–Crippen LogP) is 0.355. The highest BCUT2D eigenvalue weighted by Gasteiger charge is 2.29. The third-order valence-corrected chi connectivity index (χ3v) is 4.79. The summed E-state index contributed by atoms with van der Waals surface area (Å²) in [5, 5.41) is 20.6. The Bertz CT molecular complexity index is 720. The first-order valence-corrected chi connectivity index (χ1v) is 8.23. The smallest absolute Gasteiger partial charge is 0.273 e. The number of nitrogens with one attached hydrogen (secondary N) is 1. The number of hydrogen-bond donors (Lipinski definition) is 2. The van der Waals surface area contributed by atoms with Crippen LogP contribution in [-0.2, 0) is 17.6 Å². The Morgan fingerprint density at radius 1 is 1.29 bits per heavy atom. The van der Waals surface area contributed by atoms with Gasteiger partial charge in [0.05, 0.1) is 19.4 Å². The van der Waals surface area contributed by atoms with E-state index in [1.165, 1.54) is 15.8 Å². The maximum absolute atomic E-state index is 12.3. The summed E-state index contributed by atoms with van der Waals surface area (Å²) in [7, 11) is 0. The van der Waals surface area contributed by atoms with Crippen molar-refractivity contribution >= 4 is 5.91 Å². The van der Waals surface area contributed by atoms with Gasteiger partial charge in [-0.05, 0) is 29.9 Å². The lowest BCUT2D eigenvalue weighted by Crippen LogP contribution is -2.30. The molecule has 2 N–H and O–H groups in total. The van der Waals surface area contributed by atoms with Gasteiger partial charge in [0.1, 0.15) is 12.1 Å². The fraction of sp³-hybridized carbons (Fsp3) is 0.471. The number of fused-ring (bicyclic) bond motifs is 1. The van der Waals surface area contributed by atoms with Crippen molar-refractivity contribution in [3.63, 3.8) is 0 Å². The van der Waals surface area contributed by atoms with Crippen molar-refractivity contribution in [1.82, 2.24) is 20.3 Å². The van der Waals surface area contributed by atoms with Crippen molar-refractivity contribution in [3.8, 4) is 0 Å². The van der Waals surface area contributed by atoms with Crippen LogP contribution in [0.15, 0.2) is 30.5 Å². The van der Waals surface area contributed by atoms with Crippen LogP contribution >= 0.6 is 0 Å². The van der Waals surface area contributed by atoms with Crippen LogP contribution in [0.1, 0.15) is 27.7 Å². The highest BCUT2D eigenvalue weighted by molar-refractivity contribution is 5.91. The molecule has 0 saturated carbocycles. The van der Waals surface area contributed by atoms with Gasteiger partial charge in [-0.15, -0.1) is 5.10 Å². The quantitative estimate of drug-likeness (QED) is 0.846. The summed E-state index contributed by atoms with van der Waals surface area (Å²) < 4.78 is 6.71. The Morgan fingerprint density at radius 2 is 2.04 bits per heavy atom. The van der Waals surface area contributed by atoms with E-state index < -0.39 is 6.10 Å². The van der Waals surface area contributed by atoms with E-state index >= 15 is 0 Å². The number of aromatic nitrogens is 3. The number of ether oxygens (including phenoxy) is 1. The minimum Gasteiger partial charge on any atom is -0.388 e. The molecule has 126 valence electrons. The molecule has 1 aliphatic carbocycles. The van der Waals surface area contributed by atoms with E-state index in [9.17, 15) is 9.90 Å². The maximum atomic E-state index is 12.3. The van der Waals surface area contributed by atoms with Crippen LogP contribution < -0.4 is 5.32 Å². The van der Waals surface area contributed by atoms with Crippen LogP contribution in [0.2, 0.25) is 0 Å². The van der Waals surface area contributed by atoms with Crippen molar-refractivity contribution in [2.24, 2.45) is 5.92 Å². The van der Waals surface area contributed by atoms with Crippen LogP contribution in [0.4, 0.5) is 0 Å².